The fraction of sp³-hybridized carbons (Fsp3) is 0.467. The Morgan fingerprint density at radius 3 is 2.94 bits per heavy atom. The maximum atomic E-state index is 5.44. The highest BCUT2D eigenvalue weighted by molar-refractivity contribution is 5.90. The Morgan fingerprint density at radius 2 is 2.22 bits per heavy atom. The number of hydrogen-bond acceptors (Lipinski definition) is 2. The third-order valence-electron chi connectivity index (χ3n) is 3.96. The molecule has 3 rings (SSSR count). The Balaban J connectivity index is 2.13. The first-order valence-corrected chi connectivity index (χ1v) is 6.67. The summed E-state index contributed by atoms with van der Waals surface area (Å²) in [5.74, 6) is 1.56. The minimum absolute atomic E-state index is 0.625. The van der Waals surface area contributed by atoms with Gasteiger partial charge in [-0.25, -0.2) is 0 Å². The van der Waals surface area contributed by atoms with Gasteiger partial charge in [0.25, 0.3) is 0 Å². The van der Waals surface area contributed by atoms with E-state index in [1.165, 1.54) is 29.5 Å². The molecule has 2 N–H and O–H groups in total. The van der Waals surface area contributed by atoms with Gasteiger partial charge in [-0.2, -0.15) is 0 Å². The predicted octanol–water partition coefficient (Wildman–Crippen LogP) is 2.95. The monoisotopic (exact) mass is 244 g/mol. The van der Waals surface area contributed by atoms with E-state index in [1.807, 2.05) is 6.07 Å². The van der Waals surface area contributed by atoms with Crippen molar-refractivity contribution < 1.29 is 4.74 Å². The molecule has 2 heterocycles. The van der Waals surface area contributed by atoms with E-state index in [1.54, 1.807) is 7.11 Å². The first kappa shape index (κ1) is 11.6. The fourth-order valence-electron chi connectivity index (χ4n) is 3.14. The van der Waals surface area contributed by atoms with Crippen molar-refractivity contribution in [1.82, 2.24) is 10.3 Å². The average molecular weight is 244 g/mol. The van der Waals surface area contributed by atoms with E-state index in [4.69, 9.17) is 4.74 Å². The number of H-pyrrole nitrogens is 1. The van der Waals surface area contributed by atoms with E-state index in [9.17, 15) is 0 Å². The third kappa shape index (κ3) is 1.79. The molecule has 1 aromatic heterocycles. The molecule has 0 bridgehead atoms. The summed E-state index contributed by atoms with van der Waals surface area (Å²) in [6.45, 7) is 4.41. The zero-order chi connectivity index (χ0) is 12.5. The van der Waals surface area contributed by atoms with Crippen LogP contribution in [0.15, 0.2) is 18.2 Å². The van der Waals surface area contributed by atoms with Gasteiger partial charge in [0.15, 0.2) is 0 Å². The molecule has 0 saturated carbocycles. The number of ether oxygens (including phenoxy) is 1. The second kappa shape index (κ2) is 4.65. The molecule has 0 amide bonds. The largest absolute Gasteiger partial charge is 0.495 e. The lowest BCUT2D eigenvalue weighted by molar-refractivity contribution is 0.419. The molecule has 0 radical (unpaired) electrons. The number of benzene rings is 1. The highest BCUT2D eigenvalue weighted by Crippen LogP contribution is 2.36. The molecule has 1 aliphatic rings. The second-order valence-electron chi connectivity index (χ2n) is 5.09. The molecule has 1 aromatic carbocycles. The van der Waals surface area contributed by atoms with Crippen molar-refractivity contribution in [2.24, 2.45) is 0 Å². The minimum atomic E-state index is 0.625. The van der Waals surface area contributed by atoms with Crippen molar-refractivity contribution in [3.63, 3.8) is 0 Å². The molecule has 0 spiro atoms. The quantitative estimate of drug-likeness (QED) is 0.852. The number of nitrogens with one attached hydrogen (secondary N) is 2. The maximum Gasteiger partial charge on any atom is 0.142 e. The Morgan fingerprint density at radius 1 is 1.33 bits per heavy atom. The van der Waals surface area contributed by atoms with Crippen LogP contribution in [-0.4, -0.2) is 25.2 Å². The number of fused-ring (bicyclic) bond motifs is 1. The van der Waals surface area contributed by atoms with Gasteiger partial charge in [-0.15, -0.1) is 0 Å². The van der Waals surface area contributed by atoms with Gasteiger partial charge in [0.05, 0.1) is 12.6 Å². The van der Waals surface area contributed by atoms with Gasteiger partial charge in [-0.3, -0.25) is 0 Å². The standard InChI is InChI=1S/C15H20N2O/c1-10-14(11-5-4-8-16-9-11)12-6-3-7-13(18-2)15(12)17-10/h3,6-7,11,16-17H,4-5,8-9H2,1-2H3. The van der Waals surface area contributed by atoms with Crippen LogP contribution in [0, 0.1) is 6.92 Å². The van der Waals surface area contributed by atoms with Gasteiger partial charge in [0.2, 0.25) is 0 Å². The summed E-state index contributed by atoms with van der Waals surface area (Å²) < 4.78 is 5.44. The molecule has 2 aromatic rings. The highest BCUT2D eigenvalue weighted by Gasteiger charge is 2.21. The summed E-state index contributed by atoms with van der Waals surface area (Å²) in [4.78, 5) is 3.49. The van der Waals surface area contributed by atoms with Gasteiger partial charge < -0.3 is 15.0 Å². The Bertz CT molecular complexity index is 553. The van der Waals surface area contributed by atoms with Gasteiger partial charge >= 0.3 is 0 Å². The number of methoxy groups -OCH3 is 1. The first-order valence-electron chi connectivity index (χ1n) is 6.67. The van der Waals surface area contributed by atoms with Crippen LogP contribution in [0.25, 0.3) is 10.9 Å². The predicted molar refractivity (Wildman–Crippen MR) is 74.4 cm³/mol. The third-order valence-corrected chi connectivity index (χ3v) is 3.96. The van der Waals surface area contributed by atoms with Gasteiger partial charge in [-0.05, 0) is 43.9 Å². The molecule has 3 heteroatoms. The lowest BCUT2D eigenvalue weighted by Gasteiger charge is -2.23. The fourth-order valence-corrected chi connectivity index (χ4v) is 3.14. The van der Waals surface area contributed by atoms with Gasteiger partial charge in [0, 0.05) is 17.6 Å². The Labute approximate surface area is 108 Å². The maximum absolute atomic E-state index is 5.44. The number of aryl methyl sites for hydroxylation is 1. The van der Waals surface area contributed by atoms with E-state index in [0.29, 0.717) is 5.92 Å². The Kier molecular flexibility index (Phi) is 3.00. The summed E-state index contributed by atoms with van der Waals surface area (Å²) in [6.07, 6.45) is 2.54. The molecule has 1 fully saturated rings. The zero-order valence-corrected chi connectivity index (χ0v) is 11.0. The molecule has 0 aliphatic carbocycles. The lowest BCUT2D eigenvalue weighted by Crippen LogP contribution is -2.28. The zero-order valence-electron chi connectivity index (χ0n) is 11.0. The van der Waals surface area contributed by atoms with E-state index >= 15 is 0 Å². The van der Waals surface area contributed by atoms with Crippen LogP contribution in [0.2, 0.25) is 0 Å². The molecule has 96 valence electrons. The number of para-hydroxylation sites is 1. The van der Waals surface area contributed by atoms with Crippen molar-refractivity contribution in [3.8, 4) is 5.75 Å². The van der Waals surface area contributed by atoms with Crippen LogP contribution in [0.4, 0.5) is 0 Å². The summed E-state index contributed by atoms with van der Waals surface area (Å²) in [6, 6.07) is 6.29. The van der Waals surface area contributed by atoms with Crippen molar-refractivity contribution in [2.75, 3.05) is 20.2 Å². The molecule has 3 nitrogen and oxygen atoms in total. The second-order valence-corrected chi connectivity index (χ2v) is 5.09. The summed E-state index contributed by atoms with van der Waals surface area (Å²) in [7, 11) is 1.73. The molecular formula is C15H20N2O. The highest BCUT2D eigenvalue weighted by atomic mass is 16.5. The van der Waals surface area contributed by atoms with Crippen LogP contribution >= 0.6 is 0 Å². The Hall–Kier alpha value is -1.48. The number of piperidine rings is 1. The lowest BCUT2D eigenvalue weighted by atomic mass is 9.89. The van der Waals surface area contributed by atoms with Crippen LogP contribution in [0.3, 0.4) is 0 Å². The van der Waals surface area contributed by atoms with E-state index in [2.05, 4.69) is 29.4 Å². The molecule has 1 atom stereocenters. The average Bonchev–Trinajstić information content (AvgIpc) is 2.75. The minimum Gasteiger partial charge on any atom is -0.495 e. The number of aromatic amines is 1. The number of hydrogen-bond donors (Lipinski definition) is 2. The molecule has 1 unspecified atom stereocenters. The van der Waals surface area contributed by atoms with Crippen LogP contribution in [0.5, 0.6) is 5.75 Å². The van der Waals surface area contributed by atoms with Crippen molar-refractivity contribution in [2.45, 2.75) is 25.7 Å². The van der Waals surface area contributed by atoms with E-state index < -0.39 is 0 Å². The molecule has 1 aliphatic heterocycles. The SMILES string of the molecule is COc1cccc2c(C3CCCNC3)c(C)[nH]c12. The van der Waals surface area contributed by atoms with E-state index in [-0.39, 0.29) is 0 Å². The summed E-state index contributed by atoms with van der Waals surface area (Å²) in [5, 5.41) is 4.82. The van der Waals surface area contributed by atoms with Gasteiger partial charge in [0.1, 0.15) is 5.75 Å². The topological polar surface area (TPSA) is 37.0 Å². The van der Waals surface area contributed by atoms with E-state index in [0.717, 1.165) is 24.4 Å². The molecule has 18 heavy (non-hydrogen) atoms. The normalized spacial score (nSPS) is 20.2. The van der Waals surface area contributed by atoms with Crippen molar-refractivity contribution >= 4 is 10.9 Å². The first-order chi connectivity index (χ1) is 8.81. The van der Waals surface area contributed by atoms with Gasteiger partial charge in [-0.1, -0.05) is 12.1 Å². The number of rotatable bonds is 2. The van der Waals surface area contributed by atoms with Crippen LogP contribution in [0.1, 0.15) is 30.0 Å². The summed E-state index contributed by atoms with van der Waals surface area (Å²) >= 11 is 0. The smallest absolute Gasteiger partial charge is 0.142 e. The molecular weight excluding hydrogens is 224 g/mol. The summed E-state index contributed by atoms with van der Waals surface area (Å²) in [5.41, 5.74) is 3.89. The van der Waals surface area contributed by atoms with Crippen LogP contribution in [-0.2, 0) is 0 Å². The van der Waals surface area contributed by atoms with Crippen molar-refractivity contribution in [1.29, 1.82) is 0 Å². The van der Waals surface area contributed by atoms with Crippen molar-refractivity contribution in [3.05, 3.63) is 29.5 Å². The molecule has 1 saturated heterocycles. The number of aromatic nitrogens is 1. The van der Waals surface area contributed by atoms with Crippen LogP contribution < -0.4 is 10.1 Å².